The van der Waals surface area contributed by atoms with Crippen molar-refractivity contribution in [3.8, 4) is 5.69 Å². The largest absolute Gasteiger partial charge is 0.323 e. The average molecular weight is 230 g/mol. The van der Waals surface area contributed by atoms with Gasteiger partial charge < -0.3 is 5.73 Å². The summed E-state index contributed by atoms with van der Waals surface area (Å²) in [7, 11) is 0. The van der Waals surface area contributed by atoms with E-state index >= 15 is 0 Å². The third-order valence-electron chi connectivity index (χ3n) is 3.09. The molecular formula is C13H18N4. The Bertz CT molecular complexity index is 516. The summed E-state index contributed by atoms with van der Waals surface area (Å²) in [4.78, 5) is 0. The van der Waals surface area contributed by atoms with Gasteiger partial charge in [0.2, 0.25) is 0 Å². The quantitative estimate of drug-likeness (QED) is 0.880. The number of aryl methyl sites for hydroxylation is 2. The Morgan fingerprint density at radius 3 is 2.71 bits per heavy atom. The van der Waals surface area contributed by atoms with Gasteiger partial charge in [0.15, 0.2) is 0 Å². The SMILES string of the molecule is CCC(N)c1cn(-c2ccc(C)c(C)c2)nn1. The Balaban J connectivity index is 2.33. The summed E-state index contributed by atoms with van der Waals surface area (Å²) in [5, 5.41) is 8.22. The molecule has 2 rings (SSSR count). The molecule has 1 aromatic carbocycles. The Hall–Kier alpha value is -1.68. The molecule has 0 bridgehead atoms. The molecule has 2 N–H and O–H groups in total. The first-order valence-electron chi connectivity index (χ1n) is 5.87. The van der Waals surface area contributed by atoms with Crippen LogP contribution in [0.3, 0.4) is 0 Å². The predicted octanol–water partition coefficient (Wildman–Crippen LogP) is 2.29. The van der Waals surface area contributed by atoms with Crippen molar-refractivity contribution in [2.24, 2.45) is 5.73 Å². The van der Waals surface area contributed by atoms with Gasteiger partial charge in [-0.2, -0.15) is 0 Å². The van der Waals surface area contributed by atoms with Crippen LogP contribution in [-0.2, 0) is 0 Å². The van der Waals surface area contributed by atoms with E-state index in [1.807, 2.05) is 19.2 Å². The molecule has 4 nitrogen and oxygen atoms in total. The fraction of sp³-hybridized carbons (Fsp3) is 0.385. The maximum Gasteiger partial charge on any atom is 0.0998 e. The van der Waals surface area contributed by atoms with E-state index in [0.29, 0.717) is 0 Å². The van der Waals surface area contributed by atoms with Crippen molar-refractivity contribution in [1.82, 2.24) is 15.0 Å². The molecule has 0 saturated heterocycles. The molecule has 0 saturated carbocycles. The second-order valence-electron chi connectivity index (χ2n) is 4.37. The second kappa shape index (κ2) is 4.67. The first kappa shape index (κ1) is 11.8. The van der Waals surface area contributed by atoms with Gasteiger partial charge in [-0.1, -0.05) is 18.2 Å². The molecule has 1 aromatic heterocycles. The van der Waals surface area contributed by atoms with Gasteiger partial charge in [0.25, 0.3) is 0 Å². The first-order chi connectivity index (χ1) is 8.11. The lowest BCUT2D eigenvalue weighted by Gasteiger charge is -2.04. The molecule has 0 fully saturated rings. The third-order valence-corrected chi connectivity index (χ3v) is 3.09. The molecule has 0 spiro atoms. The average Bonchev–Trinajstić information content (AvgIpc) is 2.81. The molecular weight excluding hydrogens is 212 g/mol. The highest BCUT2D eigenvalue weighted by Gasteiger charge is 2.09. The zero-order valence-electron chi connectivity index (χ0n) is 10.5. The Morgan fingerprint density at radius 1 is 1.29 bits per heavy atom. The minimum absolute atomic E-state index is 0.0321. The van der Waals surface area contributed by atoms with E-state index in [4.69, 9.17) is 5.73 Å². The van der Waals surface area contributed by atoms with E-state index in [1.165, 1.54) is 11.1 Å². The molecule has 1 heterocycles. The highest BCUT2D eigenvalue weighted by atomic mass is 15.4. The first-order valence-corrected chi connectivity index (χ1v) is 5.87. The molecule has 90 valence electrons. The van der Waals surface area contributed by atoms with Crippen molar-refractivity contribution < 1.29 is 0 Å². The Morgan fingerprint density at radius 2 is 2.06 bits per heavy atom. The highest BCUT2D eigenvalue weighted by molar-refractivity contribution is 5.38. The molecule has 1 atom stereocenters. The standard InChI is InChI=1S/C13H18N4/c1-4-12(14)13-8-17(16-15-13)11-6-5-9(2)10(3)7-11/h5-8,12H,4,14H2,1-3H3. The smallest absolute Gasteiger partial charge is 0.0998 e. The monoisotopic (exact) mass is 230 g/mol. The van der Waals surface area contributed by atoms with Gasteiger partial charge in [-0.05, 0) is 43.5 Å². The van der Waals surface area contributed by atoms with Gasteiger partial charge in [0.05, 0.1) is 23.6 Å². The second-order valence-corrected chi connectivity index (χ2v) is 4.37. The maximum absolute atomic E-state index is 5.92. The molecule has 17 heavy (non-hydrogen) atoms. The Kier molecular flexibility index (Phi) is 3.24. The van der Waals surface area contributed by atoms with E-state index in [1.54, 1.807) is 4.68 Å². The summed E-state index contributed by atoms with van der Waals surface area (Å²) >= 11 is 0. The number of rotatable bonds is 3. The molecule has 0 aliphatic rings. The summed E-state index contributed by atoms with van der Waals surface area (Å²) < 4.78 is 1.78. The van der Waals surface area contributed by atoms with Gasteiger partial charge in [-0.3, -0.25) is 0 Å². The molecule has 2 aromatic rings. The molecule has 4 heteroatoms. The number of nitrogens with zero attached hydrogens (tertiary/aromatic N) is 3. The van der Waals surface area contributed by atoms with Crippen LogP contribution in [0.5, 0.6) is 0 Å². The van der Waals surface area contributed by atoms with Crippen molar-refractivity contribution in [3.05, 3.63) is 41.2 Å². The Labute approximate surface area is 101 Å². The fourth-order valence-electron chi connectivity index (χ4n) is 1.65. The van der Waals surface area contributed by atoms with Crippen LogP contribution in [0.4, 0.5) is 0 Å². The fourth-order valence-corrected chi connectivity index (χ4v) is 1.65. The lowest BCUT2D eigenvalue weighted by atomic mass is 10.1. The van der Waals surface area contributed by atoms with Gasteiger partial charge in [0, 0.05) is 0 Å². The van der Waals surface area contributed by atoms with Gasteiger partial charge in [-0.15, -0.1) is 5.10 Å². The van der Waals surface area contributed by atoms with Crippen LogP contribution < -0.4 is 5.73 Å². The van der Waals surface area contributed by atoms with Crippen LogP contribution >= 0.6 is 0 Å². The minimum Gasteiger partial charge on any atom is -0.323 e. The summed E-state index contributed by atoms with van der Waals surface area (Å²) in [5.74, 6) is 0. The highest BCUT2D eigenvalue weighted by Crippen LogP contribution is 2.15. The van der Waals surface area contributed by atoms with Crippen molar-refractivity contribution >= 4 is 0 Å². The normalized spacial score (nSPS) is 12.7. The molecule has 1 unspecified atom stereocenters. The lowest BCUT2D eigenvalue weighted by Crippen LogP contribution is -2.08. The van der Waals surface area contributed by atoms with E-state index in [2.05, 4.69) is 36.3 Å². The van der Waals surface area contributed by atoms with E-state index in [-0.39, 0.29) is 6.04 Å². The van der Waals surface area contributed by atoms with Gasteiger partial charge in [0.1, 0.15) is 0 Å². The van der Waals surface area contributed by atoms with Crippen LogP contribution in [0.1, 0.15) is 36.2 Å². The number of nitrogens with two attached hydrogens (primary N) is 1. The van der Waals surface area contributed by atoms with Crippen molar-refractivity contribution in [1.29, 1.82) is 0 Å². The topological polar surface area (TPSA) is 56.7 Å². The lowest BCUT2D eigenvalue weighted by molar-refractivity contribution is 0.670. The van der Waals surface area contributed by atoms with Crippen molar-refractivity contribution in [2.45, 2.75) is 33.2 Å². The number of hydrogen-bond donors (Lipinski definition) is 1. The van der Waals surface area contributed by atoms with Crippen LogP contribution in [0.25, 0.3) is 5.69 Å². The summed E-state index contributed by atoms with van der Waals surface area (Å²) in [6.45, 7) is 6.23. The van der Waals surface area contributed by atoms with E-state index in [0.717, 1.165) is 17.8 Å². The molecule has 0 radical (unpaired) electrons. The van der Waals surface area contributed by atoms with Crippen LogP contribution in [0.15, 0.2) is 24.4 Å². The van der Waals surface area contributed by atoms with E-state index in [9.17, 15) is 0 Å². The van der Waals surface area contributed by atoms with Crippen LogP contribution in [-0.4, -0.2) is 15.0 Å². The minimum atomic E-state index is -0.0321. The molecule has 0 aliphatic heterocycles. The van der Waals surface area contributed by atoms with Crippen molar-refractivity contribution in [2.75, 3.05) is 0 Å². The zero-order valence-corrected chi connectivity index (χ0v) is 10.5. The summed E-state index contributed by atoms with van der Waals surface area (Å²) in [6.07, 6.45) is 2.77. The third kappa shape index (κ3) is 2.36. The van der Waals surface area contributed by atoms with Crippen LogP contribution in [0.2, 0.25) is 0 Å². The van der Waals surface area contributed by atoms with E-state index < -0.39 is 0 Å². The number of aromatic nitrogens is 3. The maximum atomic E-state index is 5.92. The summed E-state index contributed by atoms with van der Waals surface area (Å²) in [5.41, 5.74) is 10.3. The number of benzene rings is 1. The van der Waals surface area contributed by atoms with Gasteiger partial charge >= 0.3 is 0 Å². The predicted molar refractivity (Wildman–Crippen MR) is 68.1 cm³/mol. The molecule has 0 amide bonds. The summed E-state index contributed by atoms with van der Waals surface area (Å²) in [6, 6.07) is 6.20. The van der Waals surface area contributed by atoms with Gasteiger partial charge in [-0.25, -0.2) is 4.68 Å². The number of hydrogen-bond acceptors (Lipinski definition) is 3. The van der Waals surface area contributed by atoms with Crippen molar-refractivity contribution in [3.63, 3.8) is 0 Å². The zero-order chi connectivity index (χ0) is 12.4. The molecule has 0 aliphatic carbocycles. The van der Waals surface area contributed by atoms with Crippen LogP contribution in [0, 0.1) is 13.8 Å².